The number of hydrogen-bond acceptors (Lipinski definition) is 4. The minimum Gasteiger partial charge on any atom is -0.381 e. The van der Waals surface area contributed by atoms with E-state index in [4.69, 9.17) is 4.74 Å². The van der Waals surface area contributed by atoms with Crippen LogP contribution in [0.2, 0.25) is 0 Å². The summed E-state index contributed by atoms with van der Waals surface area (Å²) in [7, 11) is -5.63. The molecule has 1 aromatic rings. The summed E-state index contributed by atoms with van der Waals surface area (Å²) in [5.74, 6) is -0.262. The zero-order valence-corrected chi connectivity index (χ0v) is 10.9. The van der Waals surface area contributed by atoms with E-state index in [0.29, 0.717) is 5.56 Å². The van der Waals surface area contributed by atoms with Crippen LogP contribution in [0.1, 0.15) is 18.1 Å². The summed E-state index contributed by atoms with van der Waals surface area (Å²) >= 11 is 0. The van der Waals surface area contributed by atoms with E-state index >= 15 is 0 Å². The average molecular weight is 308 g/mol. The quantitative estimate of drug-likeness (QED) is 0.636. The van der Waals surface area contributed by atoms with Gasteiger partial charge in [-0.2, -0.15) is 21.6 Å². The second-order valence-electron chi connectivity index (χ2n) is 4.07. The van der Waals surface area contributed by atoms with E-state index in [-0.39, 0.29) is 18.8 Å². The highest BCUT2D eigenvalue weighted by atomic mass is 32.2. The molecule has 1 unspecified atom stereocenters. The van der Waals surface area contributed by atoms with Gasteiger partial charge in [0.15, 0.2) is 0 Å². The van der Waals surface area contributed by atoms with Crippen LogP contribution in [0.4, 0.5) is 13.2 Å². The Labute approximate surface area is 113 Å². The Morgan fingerprint density at radius 3 is 2.45 bits per heavy atom. The fourth-order valence-electron chi connectivity index (χ4n) is 1.68. The van der Waals surface area contributed by atoms with Crippen molar-refractivity contribution in [3.05, 3.63) is 47.7 Å². The number of rotatable bonds is 3. The van der Waals surface area contributed by atoms with Crippen molar-refractivity contribution in [3.8, 4) is 0 Å². The number of hydrogen-bond donors (Lipinski definition) is 0. The molecule has 0 aliphatic carbocycles. The van der Waals surface area contributed by atoms with Crippen LogP contribution in [0.5, 0.6) is 0 Å². The lowest BCUT2D eigenvalue weighted by molar-refractivity contribution is -0.0530. The van der Waals surface area contributed by atoms with Gasteiger partial charge in [0, 0.05) is 6.42 Å². The second-order valence-corrected chi connectivity index (χ2v) is 5.61. The average Bonchev–Trinajstić information content (AvgIpc) is 2.38. The van der Waals surface area contributed by atoms with Gasteiger partial charge >= 0.3 is 15.6 Å². The molecule has 8 heteroatoms. The van der Waals surface area contributed by atoms with Crippen molar-refractivity contribution in [2.24, 2.45) is 0 Å². The van der Waals surface area contributed by atoms with E-state index in [1.807, 2.05) is 0 Å². The van der Waals surface area contributed by atoms with E-state index in [9.17, 15) is 21.6 Å². The van der Waals surface area contributed by atoms with Crippen LogP contribution in [-0.2, 0) is 19.0 Å². The number of ether oxygens (including phenoxy) is 1. The molecule has 2 rings (SSSR count). The first-order valence-corrected chi connectivity index (χ1v) is 7.08. The van der Waals surface area contributed by atoms with Gasteiger partial charge in [0.1, 0.15) is 11.9 Å². The van der Waals surface area contributed by atoms with Crippen molar-refractivity contribution in [1.29, 1.82) is 0 Å². The van der Waals surface area contributed by atoms with Gasteiger partial charge in [-0.3, -0.25) is 0 Å². The predicted molar refractivity (Wildman–Crippen MR) is 63.9 cm³/mol. The molecule has 0 saturated heterocycles. The smallest absolute Gasteiger partial charge is 0.381 e. The Balaban J connectivity index is 2.19. The molecule has 1 aliphatic rings. The number of alkyl halides is 3. The first-order chi connectivity index (χ1) is 9.29. The first kappa shape index (κ1) is 14.9. The van der Waals surface area contributed by atoms with E-state index in [0.717, 1.165) is 0 Å². The zero-order valence-electron chi connectivity index (χ0n) is 10.1. The van der Waals surface area contributed by atoms with Gasteiger partial charge in [-0.1, -0.05) is 30.3 Å². The van der Waals surface area contributed by atoms with Gasteiger partial charge in [0.05, 0.1) is 6.61 Å². The maximum atomic E-state index is 12.2. The largest absolute Gasteiger partial charge is 0.534 e. The maximum absolute atomic E-state index is 12.2. The Kier molecular flexibility index (Phi) is 4.05. The topological polar surface area (TPSA) is 52.6 Å². The molecule has 20 heavy (non-hydrogen) atoms. The molecule has 0 N–H and O–H groups in total. The fourth-order valence-corrected chi connectivity index (χ4v) is 2.19. The van der Waals surface area contributed by atoms with Crippen LogP contribution in [0.25, 0.3) is 0 Å². The van der Waals surface area contributed by atoms with Crippen molar-refractivity contribution in [3.63, 3.8) is 0 Å². The molecule has 0 spiro atoms. The number of halogens is 3. The Morgan fingerprint density at radius 2 is 1.85 bits per heavy atom. The molecular formula is C12H11F3O4S. The van der Waals surface area contributed by atoms with Crippen LogP contribution in [0.15, 0.2) is 42.2 Å². The standard InChI is InChI=1S/C12H11F3O4S/c13-12(14,15)20(16,17)19-10-6-7-18-11(8-10)9-4-2-1-3-5-9/h1-5,8,11H,6-7H2. The third-order valence-electron chi connectivity index (χ3n) is 2.61. The summed E-state index contributed by atoms with van der Waals surface area (Å²) in [4.78, 5) is 0. The van der Waals surface area contributed by atoms with E-state index in [2.05, 4.69) is 4.18 Å². The fraction of sp³-hybridized carbons (Fsp3) is 0.333. The van der Waals surface area contributed by atoms with Crippen molar-refractivity contribution in [2.45, 2.75) is 18.0 Å². The van der Waals surface area contributed by atoms with E-state index < -0.39 is 21.7 Å². The summed E-state index contributed by atoms with van der Waals surface area (Å²) in [6, 6.07) is 8.72. The van der Waals surface area contributed by atoms with Crippen LogP contribution in [0, 0.1) is 0 Å². The van der Waals surface area contributed by atoms with Gasteiger partial charge < -0.3 is 8.92 Å². The monoisotopic (exact) mass is 308 g/mol. The lowest BCUT2D eigenvalue weighted by atomic mass is 10.1. The first-order valence-electron chi connectivity index (χ1n) is 5.67. The summed E-state index contributed by atoms with van der Waals surface area (Å²) in [6.07, 6.45) is 0.587. The summed E-state index contributed by atoms with van der Waals surface area (Å²) < 4.78 is 68.1. The third-order valence-corrected chi connectivity index (χ3v) is 3.61. The van der Waals surface area contributed by atoms with Crippen LogP contribution in [-0.4, -0.2) is 20.5 Å². The number of benzene rings is 1. The van der Waals surface area contributed by atoms with Crippen molar-refractivity contribution < 1.29 is 30.5 Å². The highest BCUT2D eigenvalue weighted by Gasteiger charge is 2.49. The Bertz CT molecular complexity index is 593. The van der Waals surface area contributed by atoms with Gasteiger partial charge in [0.2, 0.25) is 0 Å². The zero-order chi connectivity index (χ0) is 14.8. The van der Waals surface area contributed by atoms with Crippen molar-refractivity contribution in [1.82, 2.24) is 0 Å². The molecule has 0 fully saturated rings. The molecule has 1 heterocycles. The summed E-state index contributed by atoms with van der Waals surface area (Å²) in [5.41, 5.74) is -4.73. The molecule has 0 amide bonds. The maximum Gasteiger partial charge on any atom is 0.534 e. The van der Waals surface area contributed by atoms with Gasteiger partial charge in [-0.05, 0) is 11.6 Å². The molecule has 1 aromatic carbocycles. The molecular weight excluding hydrogens is 297 g/mol. The lowest BCUT2D eigenvalue weighted by Gasteiger charge is -2.22. The third kappa shape index (κ3) is 3.31. The SMILES string of the molecule is O=S(=O)(OC1=CC(c2ccccc2)OCC1)C(F)(F)F. The highest BCUT2D eigenvalue weighted by Crippen LogP contribution is 2.31. The molecule has 0 radical (unpaired) electrons. The molecule has 1 aliphatic heterocycles. The van der Waals surface area contributed by atoms with Gasteiger partial charge in [0.25, 0.3) is 0 Å². The van der Waals surface area contributed by atoms with E-state index in [1.54, 1.807) is 30.3 Å². The minimum atomic E-state index is -5.63. The Morgan fingerprint density at radius 1 is 1.20 bits per heavy atom. The summed E-state index contributed by atoms with van der Waals surface area (Å²) in [5, 5.41) is 0. The minimum absolute atomic E-state index is 0.0291. The van der Waals surface area contributed by atoms with E-state index in [1.165, 1.54) is 6.08 Å². The molecule has 4 nitrogen and oxygen atoms in total. The molecule has 0 bridgehead atoms. The van der Waals surface area contributed by atoms with Gasteiger partial charge in [-0.15, -0.1) is 0 Å². The molecule has 1 atom stereocenters. The molecule has 0 saturated carbocycles. The van der Waals surface area contributed by atoms with Crippen LogP contribution in [0.3, 0.4) is 0 Å². The van der Waals surface area contributed by atoms with Crippen LogP contribution >= 0.6 is 0 Å². The predicted octanol–water partition coefficient (Wildman–Crippen LogP) is 2.90. The lowest BCUT2D eigenvalue weighted by Crippen LogP contribution is -2.26. The molecule has 0 aromatic heterocycles. The normalized spacial score (nSPS) is 20.4. The molecule has 110 valence electrons. The van der Waals surface area contributed by atoms with Gasteiger partial charge in [-0.25, -0.2) is 0 Å². The Hall–Kier alpha value is -1.54. The summed E-state index contributed by atoms with van der Waals surface area (Å²) in [6.45, 7) is 0.0821. The van der Waals surface area contributed by atoms with Crippen LogP contribution < -0.4 is 0 Å². The van der Waals surface area contributed by atoms with Crippen molar-refractivity contribution >= 4 is 10.1 Å². The highest BCUT2D eigenvalue weighted by molar-refractivity contribution is 7.87. The van der Waals surface area contributed by atoms with Crippen molar-refractivity contribution in [2.75, 3.05) is 6.61 Å². The second kappa shape index (κ2) is 5.45.